The van der Waals surface area contributed by atoms with E-state index >= 15 is 0 Å². The number of benzene rings is 1. The molecule has 0 aromatic heterocycles. The maximum atomic E-state index is 12.0. The topological polar surface area (TPSA) is 54.4 Å². The van der Waals surface area contributed by atoms with Gasteiger partial charge in [0.1, 0.15) is 0 Å². The van der Waals surface area contributed by atoms with E-state index in [1.54, 1.807) is 25.1 Å². The zero-order valence-electron chi connectivity index (χ0n) is 8.44. The van der Waals surface area contributed by atoms with Gasteiger partial charge in [-0.1, -0.05) is 29.3 Å². The molecule has 0 saturated heterocycles. The second kappa shape index (κ2) is 5.66. The minimum Gasteiger partial charge on any atom is -0.481 e. The molecule has 2 atom stereocenters. The summed E-state index contributed by atoms with van der Waals surface area (Å²) >= 11 is 11.8. The molecule has 0 aliphatic heterocycles. The fraction of sp³-hybridized carbons (Fsp3) is 0.300. The van der Waals surface area contributed by atoms with E-state index in [0.717, 1.165) is 0 Å². The molecule has 0 heterocycles. The predicted molar refractivity (Wildman–Crippen MR) is 64.6 cm³/mol. The normalized spacial score (nSPS) is 14.4. The molecule has 0 radical (unpaired) electrons. The van der Waals surface area contributed by atoms with Crippen LogP contribution in [0.4, 0.5) is 0 Å². The van der Waals surface area contributed by atoms with Gasteiger partial charge in [-0.05, 0) is 19.1 Å². The molecule has 0 saturated carbocycles. The first-order chi connectivity index (χ1) is 7.43. The summed E-state index contributed by atoms with van der Waals surface area (Å²) in [5, 5.41) is 8.67. The van der Waals surface area contributed by atoms with Crippen LogP contribution in [0.25, 0.3) is 0 Å². The van der Waals surface area contributed by atoms with E-state index in [9.17, 15) is 9.00 Å². The molecule has 0 spiro atoms. The maximum Gasteiger partial charge on any atom is 0.304 e. The minimum atomic E-state index is -1.52. The van der Waals surface area contributed by atoms with Gasteiger partial charge in [-0.3, -0.25) is 9.00 Å². The zero-order chi connectivity index (χ0) is 12.3. The van der Waals surface area contributed by atoms with Crippen molar-refractivity contribution in [1.29, 1.82) is 0 Å². The Kier molecular flexibility index (Phi) is 4.77. The number of aliphatic carboxylic acids is 1. The van der Waals surface area contributed by atoms with Crippen molar-refractivity contribution in [1.82, 2.24) is 0 Å². The highest BCUT2D eigenvalue weighted by Gasteiger charge is 2.21. The summed E-state index contributed by atoms with van der Waals surface area (Å²) in [6, 6.07) is 4.80. The molecule has 16 heavy (non-hydrogen) atoms. The summed E-state index contributed by atoms with van der Waals surface area (Å²) in [5.74, 6) is -0.996. The first-order valence-electron chi connectivity index (χ1n) is 4.50. The summed E-state index contributed by atoms with van der Waals surface area (Å²) in [5.41, 5.74) is 0. The van der Waals surface area contributed by atoms with Crippen LogP contribution in [0, 0.1) is 0 Å². The Hall–Kier alpha value is -0.580. The molecule has 1 N–H and O–H groups in total. The Bertz CT molecular complexity index is 414. The van der Waals surface area contributed by atoms with E-state index in [0.29, 0.717) is 14.9 Å². The number of carboxylic acids is 1. The number of carbonyl (C=O) groups is 1. The van der Waals surface area contributed by atoms with Crippen LogP contribution in [0.1, 0.15) is 13.3 Å². The third-order valence-corrected chi connectivity index (χ3v) is 4.54. The van der Waals surface area contributed by atoms with Gasteiger partial charge in [0.15, 0.2) is 0 Å². The van der Waals surface area contributed by atoms with Crippen LogP contribution in [0.15, 0.2) is 23.1 Å². The second-order valence-corrected chi connectivity index (χ2v) is 5.88. The Morgan fingerprint density at radius 2 is 1.94 bits per heavy atom. The SMILES string of the molecule is C[C@H](CC(=O)O)S(=O)c1c(Cl)cccc1Cl. The number of carboxylic acid groups (broad SMARTS) is 1. The molecule has 0 fully saturated rings. The maximum absolute atomic E-state index is 12.0. The van der Waals surface area contributed by atoms with Crippen molar-refractivity contribution in [3.05, 3.63) is 28.2 Å². The van der Waals surface area contributed by atoms with Crippen LogP contribution in [0.3, 0.4) is 0 Å². The average Bonchev–Trinajstić information content (AvgIpc) is 2.16. The Labute approximate surface area is 106 Å². The van der Waals surface area contributed by atoms with Gasteiger partial charge in [0.25, 0.3) is 0 Å². The molecule has 1 aromatic carbocycles. The third-order valence-electron chi connectivity index (χ3n) is 1.95. The summed E-state index contributed by atoms with van der Waals surface area (Å²) in [4.78, 5) is 10.8. The first-order valence-corrected chi connectivity index (χ1v) is 6.46. The van der Waals surface area contributed by atoms with E-state index in [4.69, 9.17) is 28.3 Å². The molecular formula is C10H10Cl2O3S. The summed E-state index contributed by atoms with van der Waals surface area (Å²) < 4.78 is 12.0. The molecule has 0 amide bonds. The lowest BCUT2D eigenvalue weighted by molar-refractivity contribution is -0.136. The van der Waals surface area contributed by atoms with Crippen molar-refractivity contribution < 1.29 is 14.1 Å². The van der Waals surface area contributed by atoms with Gasteiger partial charge in [-0.2, -0.15) is 0 Å². The van der Waals surface area contributed by atoms with E-state index in [-0.39, 0.29) is 6.42 Å². The lowest BCUT2D eigenvalue weighted by Crippen LogP contribution is -2.16. The van der Waals surface area contributed by atoms with Crippen molar-refractivity contribution in [2.75, 3.05) is 0 Å². The highest BCUT2D eigenvalue weighted by atomic mass is 35.5. The molecule has 3 nitrogen and oxygen atoms in total. The molecule has 0 bridgehead atoms. The number of rotatable bonds is 4. The van der Waals surface area contributed by atoms with E-state index in [1.165, 1.54) is 0 Å². The highest BCUT2D eigenvalue weighted by Crippen LogP contribution is 2.29. The molecular weight excluding hydrogens is 271 g/mol. The first kappa shape index (κ1) is 13.5. The Balaban J connectivity index is 3.00. The van der Waals surface area contributed by atoms with Crippen molar-refractivity contribution >= 4 is 40.0 Å². The molecule has 0 aliphatic carbocycles. The van der Waals surface area contributed by atoms with Gasteiger partial charge in [0, 0.05) is 5.25 Å². The highest BCUT2D eigenvalue weighted by molar-refractivity contribution is 7.86. The van der Waals surface area contributed by atoms with Crippen LogP contribution >= 0.6 is 23.2 Å². The second-order valence-electron chi connectivity index (χ2n) is 3.26. The van der Waals surface area contributed by atoms with Gasteiger partial charge in [0.05, 0.1) is 32.2 Å². The van der Waals surface area contributed by atoms with Crippen LogP contribution in [-0.4, -0.2) is 20.5 Å². The number of halogens is 2. The van der Waals surface area contributed by atoms with E-state index in [1.807, 2.05) is 0 Å². The molecule has 6 heteroatoms. The van der Waals surface area contributed by atoms with Crippen molar-refractivity contribution in [3.63, 3.8) is 0 Å². The molecule has 1 rings (SSSR count). The lowest BCUT2D eigenvalue weighted by atomic mass is 10.3. The van der Waals surface area contributed by atoms with E-state index in [2.05, 4.69) is 0 Å². The zero-order valence-corrected chi connectivity index (χ0v) is 10.8. The molecule has 88 valence electrons. The van der Waals surface area contributed by atoms with Crippen LogP contribution in [0.2, 0.25) is 10.0 Å². The fourth-order valence-corrected chi connectivity index (χ4v) is 3.27. The van der Waals surface area contributed by atoms with Crippen molar-refractivity contribution in [2.45, 2.75) is 23.5 Å². The summed E-state index contributed by atoms with van der Waals surface area (Å²) in [7, 11) is -1.52. The Morgan fingerprint density at radius 3 is 2.38 bits per heavy atom. The van der Waals surface area contributed by atoms with Crippen molar-refractivity contribution in [2.24, 2.45) is 0 Å². The summed E-state index contributed by atoms with van der Waals surface area (Å²) in [6.45, 7) is 1.59. The van der Waals surface area contributed by atoms with Crippen LogP contribution in [-0.2, 0) is 15.6 Å². The van der Waals surface area contributed by atoms with Gasteiger partial charge in [0.2, 0.25) is 0 Å². The largest absolute Gasteiger partial charge is 0.481 e. The van der Waals surface area contributed by atoms with Gasteiger partial charge >= 0.3 is 5.97 Å². The van der Waals surface area contributed by atoms with Crippen molar-refractivity contribution in [3.8, 4) is 0 Å². The molecule has 0 aliphatic rings. The standard InChI is InChI=1S/C10H10Cl2O3S/c1-6(5-9(13)14)16(15)10-7(11)3-2-4-8(10)12/h2-4,6H,5H2,1H3,(H,13,14)/t6-,16?/m1/s1. The molecule has 1 aromatic rings. The lowest BCUT2D eigenvalue weighted by Gasteiger charge is -2.11. The van der Waals surface area contributed by atoms with Gasteiger partial charge in [-0.15, -0.1) is 0 Å². The van der Waals surface area contributed by atoms with Crippen LogP contribution in [0.5, 0.6) is 0 Å². The molecule has 1 unspecified atom stereocenters. The smallest absolute Gasteiger partial charge is 0.304 e. The monoisotopic (exact) mass is 280 g/mol. The van der Waals surface area contributed by atoms with E-state index < -0.39 is 22.0 Å². The Morgan fingerprint density at radius 1 is 1.44 bits per heavy atom. The number of hydrogen-bond acceptors (Lipinski definition) is 2. The minimum absolute atomic E-state index is 0.186. The number of hydrogen-bond donors (Lipinski definition) is 1. The summed E-state index contributed by atoms with van der Waals surface area (Å²) in [6.07, 6.45) is -0.186. The average molecular weight is 281 g/mol. The fourth-order valence-electron chi connectivity index (χ4n) is 1.20. The van der Waals surface area contributed by atoms with Gasteiger partial charge < -0.3 is 5.11 Å². The third kappa shape index (κ3) is 3.20. The predicted octanol–water partition coefficient (Wildman–Crippen LogP) is 2.96. The van der Waals surface area contributed by atoms with Crippen LogP contribution < -0.4 is 0 Å². The quantitative estimate of drug-likeness (QED) is 0.923. The van der Waals surface area contributed by atoms with Gasteiger partial charge in [-0.25, -0.2) is 0 Å².